The molecule has 7 nitrogen and oxygen atoms in total. The van der Waals surface area contributed by atoms with Gasteiger partial charge in [-0.1, -0.05) is 86.0 Å². The van der Waals surface area contributed by atoms with Crippen LogP contribution in [0.5, 0.6) is 0 Å². The minimum absolute atomic E-state index is 0.100. The Hall–Kier alpha value is -5.69. The van der Waals surface area contributed by atoms with Crippen LogP contribution in [-0.2, 0) is 13.1 Å². The molecule has 0 aliphatic carbocycles. The average molecular weight is 553 g/mol. The normalized spacial score (nSPS) is 13.8. The van der Waals surface area contributed by atoms with Gasteiger partial charge in [0.1, 0.15) is 0 Å². The lowest BCUT2D eigenvalue weighted by Crippen LogP contribution is -2.29. The Kier molecular flexibility index (Phi) is 6.55. The number of carbonyl (C=O) groups is 5. The first-order chi connectivity index (χ1) is 20.3. The van der Waals surface area contributed by atoms with Crippen LogP contribution < -0.4 is 0 Å². The van der Waals surface area contributed by atoms with Gasteiger partial charge >= 0.3 is 0 Å². The molecule has 42 heavy (non-hydrogen) atoms. The van der Waals surface area contributed by atoms with Crippen molar-refractivity contribution in [1.82, 2.24) is 9.80 Å². The molecule has 2 aliphatic heterocycles. The van der Waals surface area contributed by atoms with Gasteiger partial charge in [-0.3, -0.25) is 33.8 Å². The second kappa shape index (κ2) is 10.4. The van der Waals surface area contributed by atoms with Gasteiger partial charge in [-0.05, 0) is 46.5 Å². The molecule has 0 saturated carbocycles. The molecule has 6 rings (SSSR count). The predicted molar refractivity (Wildman–Crippen MR) is 158 cm³/mol. The minimum Gasteiger partial charge on any atom is -0.289 e. The maximum atomic E-state index is 13.5. The van der Waals surface area contributed by atoms with Gasteiger partial charge in [-0.15, -0.1) is 0 Å². The number of nitrogens with zero attached hydrogens (tertiary/aromatic N) is 2. The van der Waals surface area contributed by atoms with Crippen LogP contribution in [0.4, 0.5) is 0 Å². The molecule has 0 fully saturated rings. The molecule has 4 aromatic rings. The average Bonchev–Trinajstić information content (AvgIpc) is 3.40. The number of ketones is 1. The summed E-state index contributed by atoms with van der Waals surface area (Å²) in [6, 6.07) is 23.5. The van der Waals surface area contributed by atoms with Crippen molar-refractivity contribution in [3.8, 4) is 0 Å². The van der Waals surface area contributed by atoms with Gasteiger partial charge in [0, 0.05) is 11.1 Å². The van der Waals surface area contributed by atoms with Crippen molar-refractivity contribution in [2.24, 2.45) is 0 Å². The summed E-state index contributed by atoms with van der Waals surface area (Å²) >= 11 is 0. The summed E-state index contributed by atoms with van der Waals surface area (Å²) in [4.78, 5) is 68.1. The molecular weight excluding hydrogens is 528 g/mol. The number of hydrogen-bond donors (Lipinski definition) is 0. The Morgan fingerprint density at radius 3 is 1.24 bits per heavy atom. The fourth-order valence-electron chi connectivity index (χ4n) is 5.20. The van der Waals surface area contributed by atoms with Crippen molar-refractivity contribution in [2.45, 2.75) is 13.1 Å². The Morgan fingerprint density at radius 2 is 0.881 bits per heavy atom. The van der Waals surface area contributed by atoms with E-state index in [1.807, 2.05) is 48.5 Å². The summed E-state index contributed by atoms with van der Waals surface area (Å²) in [5, 5.41) is 0. The summed E-state index contributed by atoms with van der Waals surface area (Å²) in [6.07, 6.45) is 3.41. The fourth-order valence-corrected chi connectivity index (χ4v) is 5.20. The first kappa shape index (κ1) is 26.5. The Labute approximate surface area is 242 Å². The van der Waals surface area contributed by atoms with Crippen molar-refractivity contribution >= 4 is 41.6 Å². The third-order valence-corrected chi connectivity index (χ3v) is 7.58. The molecule has 7 heteroatoms. The molecule has 0 aromatic heterocycles. The topological polar surface area (TPSA) is 91.8 Å². The van der Waals surface area contributed by atoms with Crippen LogP contribution in [0, 0.1) is 0 Å². The summed E-state index contributed by atoms with van der Waals surface area (Å²) < 4.78 is 0. The van der Waals surface area contributed by atoms with E-state index >= 15 is 0 Å². The quantitative estimate of drug-likeness (QED) is 0.204. The second-order valence-corrected chi connectivity index (χ2v) is 10.1. The minimum atomic E-state index is -0.482. The number of benzene rings is 4. The van der Waals surface area contributed by atoms with E-state index in [9.17, 15) is 24.0 Å². The molecule has 0 spiro atoms. The van der Waals surface area contributed by atoms with Crippen molar-refractivity contribution in [3.05, 3.63) is 154 Å². The van der Waals surface area contributed by atoms with Crippen LogP contribution in [0.2, 0.25) is 0 Å². The lowest BCUT2D eigenvalue weighted by Gasteiger charge is -2.13. The molecule has 0 atom stereocenters. The van der Waals surface area contributed by atoms with E-state index in [1.54, 1.807) is 12.2 Å². The summed E-state index contributed by atoms with van der Waals surface area (Å²) in [5.41, 5.74) is 4.56. The lowest BCUT2D eigenvalue weighted by molar-refractivity contribution is 0.0627. The predicted octanol–water partition coefficient (Wildman–Crippen LogP) is 5.80. The molecule has 0 N–H and O–H groups in total. The monoisotopic (exact) mass is 552 g/mol. The van der Waals surface area contributed by atoms with Crippen LogP contribution >= 0.6 is 0 Å². The molecule has 0 bridgehead atoms. The van der Waals surface area contributed by atoms with Crippen LogP contribution in [-0.4, -0.2) is 39.2 Å². The largest absolute Gasteiger partial charge is 0.289 e. The third-order valence-electron chi connectivity index (χ3n) is 7.58. The number of imide groups is 2. The molecule has 204 valence electrons. The van der Waals surface area contributed by atoms with E-state index in [4.69, 9.17) is 0 Å². The Bertz CT molecular complexity index is 1720. The van der Waals surface area contributed by atoms with Gasteiger partial charge in [0.2, 0.25) is 0 Å². The third kappa shape index (κ3) is 4.47. The summed E-state index contributed by atoms with van der Waals surface area (Å²) in [5.74, 6) is -2.25. The lowest BCUT2D eigenvalue weighted by atomic mass is 9.96. The maximum absolute atomic E-state index is 13.5. The SMILES string of the molecule is C=Cc1ccc(CN2C(=O)c3ccc(C(=O)c4ccc5c(c4)C(=O)N(Cc4ccc(C=C)cc4)C5=O)cc3C2=O)cc1. The van der Waals surface area contributed by atoms with Crippen molar-refractivity contribution < 1.29 is 24.0 Å². The molecule has 2 heterocycles. The number of fused-ring (bicyclic) bond motifs is 2. The molecule has 2 aliphatic rings. The molecule has 4 aromatic carbocycles. The molecule has 4 amide bonds. The molecular formula is C35H24N2O5. The summed E-state index contributed by atoms with van der Waals surface area (Å²) in [7, 11) is 0. The smallest absolute Gasteiger partial charge is 0.261 e. The zero-order chi connectivity index (χ0) is 29.5. The van der Waals surface area contributed by atoms with E-state index in [-0.39, 0.29) is 46.5 Å². The van der Waals surface area contributed by atoms with E-state index in [2.05, 4.69) is 13.2 Å². The molecule has 0 unspecified atom stereocenters. The van der Waals surface area contributed by atoms with E-state index in [0.29, 0.717) is 0 Å². The number of amides is 4. The van der Waals surface area contributed by atoms with Crippen molar-refractivity contribution in [3.63, 3.8) is 0 Å². The highest BCUT2D eigenvalue weighted by atomic mass is 16.2. The highest BCUT2D eigenvalue weighted by Gasteiger charge is 2.38. The van der Waals surface area contributed by atoms with E-state index < -0.39 is 29.4 Å². The zero-order valence-electron chi connectivity index (χ0n) is 22.5. The standard InChI is InChI=1S/C35H24N2O5/c1-3-21-5-9-23(10-6-21)19-36-32(39)27-15-13-25(17-29(27)34(36)41)31(38)26-14-16-28-30(18-26)35(42)37(33(28)40)20-24-11-7-22(4-2)8-12-24/h3-18H,1-2,19-20H2. The van der Waals surface area contributed by atoms with Gasteiger partial charge in [0.15, 0.2) is 5.78 Å². The first-order valence-electron chi connectivity index (χ1n) is 13.3. The second-order valence-electron chi connectivity index (χ2n) is 10.1. The number of rotatable bonds is 8. The van der Waals surface area contributed by atoms with Gasteiger partial charge in [0.05, 0.1) is 35.3 Å². The highest BCUT2D eigenvalue weighted by molar-refractivity contribution is 6.24. The Morgan fingerprint density at radius 1 is 0.524 bits per heavy atom. The van der Waals surface area contributed by atoms with Gasteiger partial charge in [0.25, 0.3) is 23.6 Å². The van der Waals surface area contributed by atoms with Gasteiger partial charge < -0.3 is 0 Å². The zero-order valence-corrected chi connectivity index (χ0v) is 22.5. The number of carbonyl (C=O) groups excluding carboxylic acids is 5. The van der Waals surface area contributed by atoms with Gasteiger partial charge in [-0.25, -0.2) is 0 Å². The number of hydrogen-bond acceptors (Lipinski definition) is 5. The molecule has 0 saturated heterocycles. The van der Waals surface area contributed by atoms with E-state index in [0.717, 1.165) is 32.1 Å². The Balaban J connectivity index is 1.22. The van der Waals surface area contributed by atoms with Crippen LogP contribution in [0.15, 0.2) is 98.1 Å². The van der Waals surface area contributed by atoms with Crippen molar-refractivity contribution in [1.29, 1.82) is 0 Å². The molecule has 0 radical (unpaired) electrons. The van der Waals surface area contributed by atoms with Crippen LogP contribution in [0.3, 0.4) is 0 Å². The fraction of sp³-hybridized carbons (Fsp3) is 0.0571. The summed E-state index contributed by atoms with van der Waals surface area (Å²) in [6.45, 7) is 7.65. The first-order valence-corrected chi connectivity index (χ1v) is 13.3. The van der Waals surface area contributed by atoms with Crippen LogP contribution in [0.1, 0.15) is 79.6 Å². The van der Waals surface area contributed by atoms with E-state index in [1.165, 1.54) is 36.4 Å². The van der Waals surface area contributed by atoms with Crippen molar-refractivity contribution in [2.75, 3.05) is 0 Å². The maximum Gasteiger partial charge on any atom is 0.261 e. The van der Waals surface area contributed by atoms with Crippen LogP contribution in [0.25, 0.3) is 12.2 Å². The van der Waals surface area contributed by atoms with Gasteiger partial charge in [-0.2, -0.15) is 0 Å². The highest BCUT2D eigenvalue weighted by Crippen LogP contribution is 2.29.